The van der Waals surface area contributed by atoms with E-state index in [-0.39, 0.29) is 11.8 Å². The smallest absolute Gasteiger partial charge is 0.225 e. The third kappa shape index (κ3) is 3.32. The number of hydrogen-bond donors (Lipinski definition) is 1. The third-order valence-corrected chi connectivity index (χ3v) is 4.19. The highest BCUT2D eigenvalue weighted by Gasteiger charge is 2.41. The molecule has 1 aromatic heterocycles. The molecule has 0 bridgehead atoms. The van der Waals surface area contributed by atoms with Crippen molar-refractivity contribution in [1.82, 2.24) is 14.9 Å². The molecule has 1 aliphatic rings. The van der Waals surface area contributed by atoms with Gasteiger partial charge in [-0.3, -0.25) is 4.90 Å². The number of nitrogens with two attached hydrogens (primary N) is 1. The van der Waals surface area contributed by atoms with E-state index in [2.05, 4.69) is 26.7 Å². The number of rotatable bonds is 6. The molecule has 1 fully saturated rings. The molecule has 0 radical (unpaired) electrons. The van der Waals surface area contributed by atoms with Crippen molar-refractivity contribution in [3.8, 4) is 0 Å². The molecule has 2 rings (SSSR count). The van der Waals surface area contributed by atoms with E-state index in [9.17, 15) is 0 Å². The van der Waals surface area contributed by atoms with Gasteiger partial charge in [0.1, 0.15) is 0 Å². The van der Waals surface area contributed by atoms with Crippen LogP contribution in [0, 0.1) is 0 Å². The van der Waals surface area contributed by atoms with E-state index in [1.807, 2.05) is 6.07 Å². The van der Waals surface area contributed by atoms with Gasteiger partial charge in [0.05, 0.1) is 5.54 Å². The molecule has 2 N–H and O–H groups in total. The van der Waals surface area contributed by atoms with Gasteiger partial charge in [-0.25, -0.2) is 9.97 Å². The Morgan fingerprint density at radius 2 is 1.76 bits per heavy atom. The summed E-state index contributed by atoms with van der Waals surface area (Å²) >= 11 is 0. The molecule has 1 unspecified atom stereocenters. The van der Waals surface area contributed by atoms with Crippen molar-refractivity contribution < 1.29 is 9.47 Å². The minimum atomic E-state index is -0.345. The van der Waals surface area contributed by atoms with Crippen molar-refractivity contribution in [2.45, 2.75) is 18.8 Å². The number of methoxy groups -OCH3 is 2. The molecule has 7 heteroatoms. The van der Waals surface area contributed by atoms with Crippen LogP contribution < -0.4 is 10.6 Å². The highest BCUT2D eigenvalue weighted by Crippen LogP contribution is 2.24. The van der Waals surface area contributed by atoms with Crippen LogP contribution in [0.15, 0.2) is 18.5 Å². The topological polar surface area (TPSA) is 76.7 Å². The summed E-state index contributed by atoms with van der Waals surface area (Å²) in [5, 5.41) is 0. The molecule has 0 aromatic carbocycles. The molecule has 1 atom stereocenters. The number of ether oxygens (including phenoxy) is 2. The van der Waals surface area contributed by atoms with Crippen LogP contribution in [0.5, 0.6) is 0 Å². The predicted molar refractivity (Wildman–Crippen MR) is 81.1 cm³/mol. The Morgan fingerprint density at radius 3 is 2.24 bits per heavy atom. The zero-order valence-corrected chi connectivity index (χ0v) is 13.0. The van der Waals surface area contributed by atoms with E-state index >= 15 is 0 Å². The van der Waals surface area contributed by atoms with Crippen LogP contribution in [0.3, 0.4) is 0 Å². The first-order valence-corrected chi connectivity index (χ1v) is 7.18. The second-order valence-corrected chi connectivity index (χ2v) is 5.39. The fourth-order valence-electron chi connectivity index (χ4n) is 2.85. The maximum atomic E-state index is 6.00. The SMILES string of the molecule is COC(OC)C(C)(CN)N1CCN(c2ncccn2)CC1. The highest BCUT2D eigenvalue weighted by molar-refractivity contribution is 5.29. The summed E-state index contributed by atoms with van der Waals surface area (Å²) in [5.41, 5.74) is 5.66. The van der Waals surface area contributed by atoms with Crippen LogP contribution in [0.1, 0.15) is 6.92 Å². The highest BCUT2D eigenvalue weighted by atomic mass is 16.7. The third-order valence-electron chi connectivity index (χ3n) is 4.19. The first kappa shape index (κ1) is 16.1. The number of nitrogens with zero attached hydrogens (tertiary/aromatic N) is 4. The molecule has 0 saturated carbocycles. The van der Waals surface area contributed by atoms with E-state index in [0.717, 1.165) is 32.1 Å². The minimum absolute atomic E-state index is 0.340. The Labute approximate surface area is 126 Å². The molecule has 7 nitrogen and oxygen atoms in total. The predicted octanol–water partition coefficient (Wildman–Crippen LogP) is -0.0651. The van der Waals surface area contributed by atoms with Crippen molar-refractivity contribution >= 4 is 5.95 Å². The molecule has 0 spiro atoms. The van der Waals surface area contributed by atoms with Crippen LogP contribution in [-0.4, -0.2) is 73.6 Å². The lowest BCUT2D eigenvalue weighted by Crippen LogP contribution is -2.64. The van der Waals surface area contributed by atoms with Gasteiger partial charge < -0.3 is 20.1 Å². The molecule has 21 heavy (non-hydrogen) atoms. The van der Waals surface area contributed by atoms with E-state index in [1.165, 1.54) is 0 Å². The average molecular weight is 295 g/mol. The van der Waals surface area contributed by atoms with Crippen molar-refractivity contribution in [2.75, 3.05) is 51.8 Å². The van der Waals surface area contributed by atoms with E-state index < -0.39 is 0 Å². The molecule has 0 amide bonds. The number of anilines is 1. The lowest BCUT2D eigenvalue weighted by atomic mass is 9.97. The second-order valence-electron chi connectivity index (χ2n) is 5.39. The van der Waals surface area contributed by atoms with E-state index in [0.29, 0.717) is 6.54 Å². The van der Waals surface area contributed by atoms with Crippen molar-refractivity contribution in [2.24, 2.45) is 5.73 Å². The molecule has 2 heterocycles. The summed E-state index contributed by atoms with van der Waals surface area (Å²) in [4.78, 5) is 13.1. The largest absolute Gasteiger partial charge is 0.354 e. The first-order chi connectivity index (χ1) is 10.2. The first-order valence-electron chi connectivity index (χ1n) is 7.18. The molecule has 1 aromatic rings. The van der Waals surface area contributed by atoms with Crippen LogP contribution in [0.2, 0.25) is 0 Å². The molecule has 118 valence electrons. The number of aromatic nitrogens is 2. The number of hydrogen-bond acceptors (Lipinski definition) is 7. The Hall–Kier alpha value is -1.28. The van der Waals surface area contributed by atoms with Gasteiger partial charge in [-0.15, -0.1) is 0 Å². The van der Waals surface area contributed by atoms with Gasteiger partial charge in [-0.05, 0) is 13.0 Å². The van der Waals surface area contributed by atoms with Gasteiger partial charge in [0.2, 0.25) is 5.95 Å². The monoisotopic (exact) mass is 295 g/mol. The quantitative estimate of drug-likeness (QED) is 0.736. The van der Waals surface area contributed by atoms with Crippen molar-refractivity contribution in [3.05, 3.63) is 18.5 Å². The zero-order chi connectivity index (χ0) is 15.3. The summed E-state index contributed by atoms with van der Waals surface area (Å²) in [7, 11) is 3.30. The van der Waals surface area contributed by atoms with Gasteiger partial charge in [0, 0.05) is 59.3 Å². The van der Waals surface area contributed by atoms with Crippen LogP contribution in [0.25, 0.3) is 0 Å². The standard InChI is InChI=1S/C14H25N5O2/c1-14(11-15,12(20-2)21-3)19-9-7-18(8-10-19)13-16-5-4-6-17-13/h4-6,12H,7-11,15H2,1-3H3. The number of piperazine rings is 1. The molecule has 1 aliphatic heterocycles. The second kappa shape index (κ2) is 7.13. The lowest BCUT2D eigenvalue weighted by molar-refractivity contribution is -0.181. The fraction of sp³-hybridized carbons (Fsp3) is 0.714. The van der Waals surface area contributed by atoms with Gasteiger partial charge in [0.15, 0.2) is 6.29 Å². The van der Waals surface area contributed by atoms with Crippen LogP contribution >= 0.6 is 0 Å². The van der Waals surface area contributed by atoms with Crippen molar-refractivity contribution in [3.63, 3.8) is 0 Å². The van der Waals surface area contributed by atoms with Crippen LogP contribution in [-0.2, 0) is 9.47 Å². The molecular formula is C14H25N5O2. The van der Waals surface area contributed by atoms with E-state index in [4.69, 9.17) is 15.2 Å². The fourth-order valence-corrected chi connectivity index (χ4v) is 2.85. The Bertz CT molecular complexity index is 421. The maximum absolute atomic E-state index is 6.00. The van der Waals surface area contributed by atoms with E-state index in [1.54, 1.807) is 26.6 Å². The summed E-state index contributed by atoms with van der Waals surface area (Å²) < 4.78 is 10.9. The summed E-state index contributed by atoms with van der Waals surface area (Å²) in [6.07, 6.45) is 3.19. The normalized spacial score (nSPS) is 19.8. The summed E-state index contributed by atoms with van der Waals surface area (Å²) in [6.45, 7) is 6.02. The molecule has 0 aliphatic carbocycles. The summed E-state index contributed by atoms with van der Waals surface area (Å²) in [6, 6.07) is 1.83. The lowest BCUT2D eigenvalue weighted by Gasteiger charge is -2.47. The maximum Gasteiger partial charge on any atom is 0.225 e. The van der Waals surface area contributed by atoms with Gasteiger partial charge >= 0.3 is 0 Å². The Balaban J connectivity index is 2.02. The van der Waals surface area contributed by atoms with Crippen molar-refractivity contribution in [1.29, 1.82) is 0 Å². The molecular weight excluding hydrogens is 270 g/mol. The van der Waals surface area contributed by atoms with Crippen LogP contribution in [0.4, 0.5) is 5.95 Å². The Kier molecular flexibility index (Phi) is 5.46. The van der Waals surface area contributed by atoms with Gasteiger partial charge in [-0.2, -0.15) is 0 Å². The Morgan fingerprint density at radius 1 is 1.19 bits per heavy atom. The molecule has 1 saturated heterocycles. The summed E-state index contributed by atoms with van der Waals surface area (Å²) in [5.74, 6) is 0.779. The van der Waals surface area contributed by atoms with Gasteiger partial charge in [0.25, 0.3) is 0 Å². The minimum Gasteiger partial charge on any atom is -0.354 e. The average Bonchev–Trinajstić information content (AvgIpc) is 2.56. The van der Waals surface area contributed by atoms with Gasteiger partial charge in [-0.1, -0.05) is 0 Å². The zero-order valence-electron chi connectivity index (χ0n) is 13.0.